The fourth-order valence-electron chi connectivity index (χ4n) is 3.56. The van der Waals surface area contributed by atoms with E-state index in [-0.39, 0.29) is 17.1 Å². The van der Waals surface area contributed by atoms with E-state index in [1.54, 1.807) is 0 Å². The van der Waals surface area contributed by atoms with Crippen LogP contribution in [0.2, 0.25) is 0 Å². The minimum Gasteiger partial charge on any atom is -0.298 e. The van der Waals surface area contributed by atoms with Crippen molar-refractivity contribution in [2.24, 2.45) is 22.7 Å². The molecule has 15 heavy (non-hydrogen) atoms. The van der Waals surface area contributed by atoms with Crippen LogP contribution < -0.4 is 0 Å². The smallest absolute Gasteiger partial charge is 0.156 e. The van der Waals surface area contributed by atoms with Gasteiger partial charge in [-0.15, -0.1) is 0 Å². The van der Waals surface area contributed by atoms with Gasteiger partial charge in [0.2, 0.25) is 0 Å². The summed E-state index contributed by atoms with van der Waals surface area (Å²) in [6, 6.07) is 4.30. The van der Waals surface area contributed by atoms with Gasteiger partial charge in [-0.3, -0.25) is 4.79 Å². The summed E-state index contributed by atoms with van der Waals surface area (Å²) in [4.78, 5) is 12.1. The average Bonchev–Trinajstić information content (AvgIpc) is 2.52. The standard InChI is InChI=1S/C12H14N2O/c1-11(5-6-13)9-3-4-12(11,2)10(15)8(9)7-14/h8-9H,3-5H2,1-2H3/t8-,9-,11+,12+/m0/s1. The first kappa shape index (κ1) is 10.2. The molecule has 3 heteroatoms. The van der Waals surface area contributed by atoms with Gasteiger partial charge in [0.05, 0.1) is 12.1 Å². The molecule has 0 radical (unpaired) electrons. The fraction of sp³-hybridized carbons (Fsp3) is 0.750. The molecule has 0 aromatic rings. The third-order valence-electron chi connectivity index (χ3n) is 4.85. The number of carbonyl (C=O) groups excluding carboxylic acids is 1. The molecule has 0 heterocycles. The Bertz CT molecular complexity index is 403. The van der Waals surface area contributed by atoms with Crippen LogP contribution in [-0.4, -0.2) is 5.78 Å². The van der Waals surface area contributed by atoms with Gasteiger partial charge in [0, 0.05) is 11.8 Å². The number of Topliss-reactive ketones (excluding diaryl/α,β-unsaturated/α-hetero) is 1. The lowest BCUT2D eigenvalue weighted by molar-refractivity contribution is -0.130. The van der Waals surface area contributed by atoms with Crippen LogP contribution >= 0.6 is 0 Å². The summed E-state index contributed by atoms with van der Waals surface area (Å²) in [5.41, 5.74) is -0.715. The topological polar surface area (TPSA) is 64.7 Å². The van der Waals surface area contributed by atoms with Crippen molar-refractivity contribution in [3.05, 3.63) is 0 Å². The first-order chi connectivity index (χ1) is 7.01. The Morgan fingerprint density at radius 3 is 2.60 bits per heavy atom. The van der Waals surface area contributed by atoms with Gasteiger partial charge in [-0.1, -0.05) is 13.8 Å². The molecule has 2 saturated carbocycles. The molecule has 0 amide bonds. The van der Waals surface area contributed by atoms with Crippen LogP contribution in [0.4, 0.5) is 0 Å². The molecule has 2 aliphatic carbocycles. The Balaban J connectivity index is 2.50. The Morgan fingerprint density at radius 2 is 2.13 bits per heavy atom. The predicted molar refractivity (Wildman–Crippen MR) is 53.3 cm³/mol. The van der Waals surface area contributed by atoms with Gasteiger partial charge >= 0.3 is 0 Å². The van der Waals surface area contributed by atoms with Crippen molar-refractivity contribution >= 4 is 5.78 Å². The third-order valence-corrected chi connectivity index (χ3v) is 4.85. The number of ketones is 1. The zero-order valence-electron chi connectivity index (χ0n) is 9.08. The Labute approximate surface area is 89.7 Å². The maximum absolute atomic E-state index is 12.1. The van der Waals surface area contributed by atoms with E-state index in [1.165, 1.54) is 0 Å². The van der Waals surface area contributed by atoms with E-state index in [2.05, 4.69) is 12.1 Å². The summed E-state index contributed by atoms with van der Waals surface area (Å²) < 4.78 is 0. The van der Waals surface area contributed by atoms with Crippen LogP contribution in [0.25, 0.3) is 0 Å². The molecule has 0 aromatic heterocycles. The van der Waals surface area contributed by atoms with Crippen LogP contribution in [0, 0.1) is 45.3 Å². The van der Waals surface area contributed by atoms with Crippen molar-refractivity contribution in [2.75, 3.05) is 0 Å². The van der Waals surface area contributed by atoms with Crippen molar-refractivity contribution < 1.29 is 4.79 Å². The van der Waals surface area contributed by atoms with Gasteiger partial charge in [0.15, 0.2) is 5.78 Å². The number of rotatable bonds is 1. The van der Waals surface area contributed by atoms with Crippen molar-refractivity contribution in [1.82, 2.24) is 0 Å². The van der Waals surface area contributed by atoms with Crippen LogP contribution in [-0.2, 0) is 4.79 Å². The van der Waals surface area contributed by atoms with Gasteiger partial charge in [0.25, 0.3) is 0 Å². The van der Waals surface area contributed by atoms with E-state index < -0.39 is 11.3 Å². The van der Waals surface area contributed by atoms with Gasteiger partial charge < -0.3 is 0 Å². The number of hydrogen-bond acceptors (Lipinski definition) is 3. The fourth-order valence-corrected chi connectivity index (χ4v) is 3.56. The lowest BCUT2D eigenvalue weighted by atomic mass is 9.67. The molecule has 2 bridgehead atoms. The van der Waals surface area contributed by atoms with Gasteiger partial charge in [-0.05, 0) is 24.2 Å². The maximum Gasteiger partial charge on any atom is 0.156 e. The largest absolute Gasteiger partial charge is 0.298 e. The van der Waals surface area contributed by atoms with Gasteiger partial charge in [-0.25, -0.2) is 0 Å². The highest BCUT2D eigenvalue weighted by Gasteiger charge is 2.68. The van der Waals surface area contributed by atoms with Crippen LogP contribution in [0.1, 0.15) is 33.1 Å². The summed E-state index contributed by atoms with van der Waals surface area (Å²) >= 11 is 0. The van der Waals surface area contributed by atoms with Crippen LogP contribution in [0.5, 0.6) is 0 Å². The predicted octanol–water partition coefficient (Wildman–Crippen LogP) is 2.05. The van der Waals surface area contributed by atoms with Crippen molar-refractivity contribution in [3.63, 3.8) is 0 Å². The molecule has 0 spiro atoms. The third kappa shape index (κ3) is 0.913. The van der Waals surface area contributed by atoms with Gasteiger partial charge in [-0.2, -0.15) is 10.5 Å². The monoisotopic (exact) mass is 202 g/mol. The van der Waals surface area contributed by atoms with E-state index >= 15 is 0 Å². The van der Waals surface area contributed by atoms with E-state index in [4.69, 9.17) is 10.5 Å². The highest BCUT2D eigenvalue weighted by Crippen LogP contribution is 2.67. The SMILES string of the molecule is C[C@@]12CC[C@@H]([C@H](C#N)C1=O)[C@@]2(C)CC#N. The molecular formula is C12H14N2O. The number of nitrogens with zero attached hydrogens (tertiary/aromatic N) is 2. The summed E-state index contributed by atoms with van der Waals surface area (Å²) in [6.45, 7) is 3.94. The summed E-state index contributed by atoms with van der Waals surface area (Å²) in [5, 5.41) is 17.9. The van der Waals surface area contributed by atoms with E-state index in [1.807, 2.05) is 13.8 Å². The molecule has 0 N–H and O–H groups in total. The lowest BCUT2D eigenvalue weighted by Gasteiger charge is -2.34. The molecule has 2 aliphatic rings. The Morgan fingerprint density at radius 1 is 1.47 bits per heavy atom. The zero-order chi connectivity index (χ0) is 11.3. The number of nitriles is 2. The molecule has 2 rings (SSSR count). The minimum absolute atomic E-state index is 0.0685. The minimum atomic E-state index is -0.470. The summed E-state index contributed by atoms with van der Waals surface area (Å²) in [7, 11) is 0. The molecule has 0 aromatic carbocycles. The van der Waals surface area contributed by atoms with Crippen LogP contribution in [0.3, 0.4) is 0 Å². The summed E-state index contributed by atoms with van der Waals surface area (Å²) in [6.07, 6.45) is 2.14. The van der Waals surface area contributed by atoms with E-state index in [9.17, 15) is 4.79 Å². The molecule has 0 aliphatic heterocycles. The number of carbonyl (C=O) groups is 1. The maximum atomic E-state index is 12.1. The van der Waals surface area contributed by atoms with Crippen molar-refractivity contribution in [2.45, 2.75) is 33.1 Å². The Hall–Kier alpha value is -1.35. The Kier molecular flexibility index (Phi) is 1.92. The quantitative estimate of drug-likeness (QED) is 0.653. The summed E-state index contributed by atoms with van der Waals surface area (Å²) in [5.74, 6) is -0.305. The van der Waals surface area contributed by atoms with Gasteiger partial charge in [0.1, 0.15) is 5.92 Å². The molecule has 3 nitrogen and oxygen atoms in total. The first-order valence-electron chi connectivity index (χ1n) is 5.32. The second-order valence-corrected chi connectivity index (χ2v) is 5.20. The normalized spacial score (nSPS) is 47.6. The first-order valence-corrected chi connectivity index (χ1v) is 5.32. The average molecular weight is 202 g/mol. The molecular weight excluding hydrogens is 188 g/mol. The molecule has 78 valence electrons. The van der Waals surface area contributed by atoms with Crippen molar-refractivity contribution in [3.8, 4) is 12.1 Å². The number of fused-ring (bicyclic) bond motifs is 2. The zero-order valence-corrected chi connectivity index (χ0v) is 9.08. The molecule has 2 fully saturated rings. The highest BCUT2D eigenvalue weighted by molar-refractivity contribution is 5.93. The van der Waals surface area contributed by atoms with E-state index in [0.717, 1.165) is 12.8 Å². The molecule has 4 atom stereocenters. The second kappa shape index (κ2) is 2.83. The number of hydrogen-bond donors (Lipinski definition) is 0. The van der Waals surface area contributed by atoms with E-state index in [0.29, 0.717) is 6.42 Å². The van der Waals surface area contributed by atoms with Crippen molar-refractivity contribution in [1.29, 1.82) is 10.5 Å². The molecule has 0 saturated heterocycles. The lowest BCUT2D eigenvalue weighted by Crippen LogP contribution is -2.35. The molecule has 0 unspecified atom stereocenters. The second-order valence-electron chi connectivity index (χ2n) is 5.20. The highest BCUT2D eigenvalue weighted by atomic mass is 16.1. The van der Waals surface area contributed by atoms with Crippen LogP contribution in [0.15, 0.2) is 0 Å².